The van der Waals surface area contributed by atoms with Gasteiger partial charge in [-0.1, -0.05) is 18.2 Å². The van der Waals surface area contributed by atoms with Gasteiger partial charge in [-0.15, -0.1) is 0 Å². The monoisotopic (exact) mass is 311 g/mol. The number of ether oxygens (including phenoxy) is 1. The molecular weight excluding hydrogens is 297 g/mol. The SMILES string of the molecule is Nc1cc(F)ccc1C(=O)OCc1cnn(-c2ccccc2)c1. The summed E-state index contributed by atoms with van der Waals surface area (Å²) in [6, 6.07) is 13.1. The molecule has 0 saturated heterocycles. The van der Waals surface area contributed by atoms with Crippen molar-refractivity contribution < 1.29 is 13.9 Å². The summed E-state index contributed by atoms with van der Waals surface area (Å²) < 4.78 is 19.9. The third-order valence-electron chi connectivity index (χ3n) is 3.26. The number of halogens is 1. The molecule has 0 aliphatic heterocycles. The molecule has 0 bridgehead atoms. The van der Waals surface area contributed by atoms with Crippen molar-refractivity contribution in [2.24, 2.45) is 0 Å². The van der Waals surface area contributed by atoms with Crippen molar-refractivity contribution in [2.45, 2.75) is 6.61 Å². The number of nitrogens with zero attached hydrogens (tertiary/aromatic N) is 2. The molecule has 6 heteroatoms. The fourth-order valence-electron chi connectivity index (χ4n) is 2.10. The van der Waals surface area contributed by atoms with Crippen LogP contribution in [0.4, 0.5) is 10.1 Å². The Morgan fingerprint density at radius 1 is 1.22 bits per heavy atom. The molecule has 2 aromatic carbocycles. The lowest BCUT2D eigenvalue weighted by Crippen LogP contribution is -2.08. The van der Waals surface area contributed by atoms with E-state index in [0.717, 1.165) is 17.3 Å². The van der Waals surface area contributed by atoms with Crippen LogP contribution < -0.4 is 5.73 Å². The fourth-order valence-corrected chi connectivity index (χ4v) is 2.10. The second kappa shape index (κ2) is 6.31. The topological polar surface area (TPSA) is 70.1 Å². The standard InChI is InChI=1S/C17H14FN3O2/c18-13-6-7-15(16(19)8-13)17(22)23-11-12-9-20-21(10-12)14-4-2-1-3-5-14/h1-10H,11,19H2. The molecule has 0 amide bonds. The minimum absolute atomic E-state index is 0.0509. The van der Waals surface area contributed by atoms with Crippen molar-refractivity contribution in [1.29, 1.82) is 0 Å². The molecule has 0 fully saturated rings. The third kappa shape index (κ3) is 3.37. The molecule has 0 radical (unpaired) electrons. The number of rotatable bonds is 4. The Bertz CT molecular complexity index is 831. The highest BCUT2D eigenvalue weighted by Gasteiger charge is 2.12. The number of benzene rings is 2. The van der Waals surface area contributed by atoms with E-state index in [1.54, 1.807) is 17.1 Å². The number of hydrogen-bond donors (Lipinski definition) is 1. The third-order valence-corrected chi connectivity index (χ3v) is 3.26. The number of esters is 1. The first-order chi connectivity index (χ1) is 11.1. The van der Waals surface area contributed by atoms with E-state index >= 15 is 0 Å². The van der Waals surface area contributed by atoms with E-state index in [-0.39, 0.29) is 17.9 Å². The maximum Gasteiger partial charge on any atom is 0.340 e. The highest BCUT2D eigenvalue weighted by Crippen LogP contribution is 2.16. The van der Waals surface area contributed by atoms with E-state index in [4.69, 9.17) is 10.5 Å². The second-order valence-corrected chi connectivity index (χ2v) is 4.94. The summed E-state index contributed by atoms with van der Waals surface area (Å²) in [7, 11) is 0. The van der Waals surface area contributed by atoms with E-state index in [2.05, 4.69) is 5.10 Å². The molecule has 23 heavy (non-hydrogen) atoms. The van der Waals surface area contributed by atoms with Gasteiger partial charge < -0.3 is 10.5 Å². The summed E-state index contributed by atoms with van der Waals surface area (Å²) in [5.74, 6) is -1.10. The minimum Gasteiger partial charge on any atom is -0.457 e. The first-order valence-electron chi connectivity index (χ1n) is 6.94. The van der Waals surface area contributed by atoms with Crippen LogP contribution in [0.25, 0.3) is 5.69 Å². The average molecular weight is 311 g/mol. The van der Waals surface area contributed by atoms with Crippen LogP contribution in [0, 0.1) is 5.82 Å². The van der Waals surface area contributed by atoms with E-state index in [0.29, 0.717) is 0 Å². The van der Waals surface area contributed by atoms with E-state index < -0.39 is 11.8 Å². The molecule has 5 nitrogen and oxygen atoms in total. The molecule has 1 heterocycles. The van der Waals surface area contributed by atoms with Crippen LogP contribution in [0.5, 0.6) is 0 Å². The summed E-state index contributed by atoms with van der Waals surface area (Å²) in [5.41, 5.74) is 7.45. The number of para-hydroxylation sites is 1. The van der Waals surface area contributed by atoms with Crippen molar-refractivity contribution in [3.63, 3.8) is 0 Å². The Hall–Kier alpha value is -3.15. The number of nitrogens with two attached hydrogens (primary N) is 1. The van der Waals surface area contributed by atoms with Gasteiger partial charge in [0.1, 0.15) is 12.4 Å². The Labute approximate surface area is 132 Å². The maximum atomic E-state index is 13.0. The van der Waals surface area contributed by atoms with Crippen LogP contribution in [-0.2, 0) is 11.3 Å². The molecule has 3 aromatic rings. The fraction of sp³-hybridized carbons (Fsp3) is 0.0588. The van der Waals surface area contributed by atoms with Crippen LogP contribution >= 0.6 is 0 Å². The van der Waals surface area contributed by atoms with Crippen molar-refractivity contribution in [3.8, 4) is 5.69 Å². The zero-order valence-electron chi connectivity index (χ0n) is 12.1. The van der Waals surface area contributed by atoms with Gasteiger partial charge >= 0.3 is 5.97 Å². The molecule has 1 aromatic heterocycles. The predicted octanol–water partition coefficient (Wildman–Crippen LogP) is 2.95. The Kier molecular flexibility index (Phi) is 4.05. The summed E-state index contributed by atoms with van der Waals surface area (Å²) in [6.45, 7) is 0.0580. The lowest BCUT2D eigenvalue weighted by Gasteiger charge is -2.06. The van der Waals surface area contributed by atoms with Crippen LogP contribution in [0.2, 0.25) is 0 Å². The van der Waals surface area contributed by atoms with Crippen LogP contribution in [-0.4, -0.2) is 15.7 Å². The molecule has 0 atom stereocenters. The summed E-state index contributed by atoms with van der Waals surface area (Å²) in [6.07, 6.45) is 3.39. The number of hydrogen-bond acceptors (Lipinski definition) is 4. The first-order valence-corrected chi connectivity index (χ1v) is 6.94. The molecule has 3 rings (SSSR count). The molecule has 2 N–H and O–H groups in total. The molecular formula is C17H14FN3O2. The van der Waals surface area contributed by atoms with Crippen LogP contribution in [0.1, 0.15) is 15.9 Å². The summed E-state index contributed by atoms with van der Waals surface area (Å²) in [5, 5.41) is 4.22. The van der Waals surface area contributed by atoms with Gasteiger partial charge in [0, 0.05) is 17.4 Å². The lowest BCUT2D eigenvalue weighted by molar-refractivity contribution is 0.0474. The van der Waals surface area contributed by atoms with Gasteiger partial charge in [0.2, 0.25) is 0 Å². The van der Waals surface area contributed by atoms with E-state index in [1.807, 2.05) is 30.3 Å². The van der Waals surface area contributed by atoms with E-state index in [9.17, 15) is 9.18 Å². The number of nitrogen functional groups attached to an aromatic ring is 1. The number of carbonyl (C=O) groups excluding carboxylic acids is 1. The predicted molar refractivity (Wildman–Crippen MR) is 83.5 cm³/mol. The van der Waals surface area contributed by atoms with E-state index in [1.165, 1.54) is 12.1 Å². The smallest absolute Gasteiger partial charge is 0.340 e. The van der Waals surface area contributed by atoms with Gasteiger partial charge in [-0.05, 0) is 30.3 Å². The molecule has 0 spiro atoms. The minimum atomic E-state index is -0.602. The molecule has 0 aliphatic carbocycles. The zero-order valence-corrected chi connectivity index (χ0v) is 12.1. The maximum absolute atomic E-state index is 13.0. The van der Waals surface area contributed by atoms with Crippen LogP contribution in [0.15, 0.2) is 60.9 Å². The summed E-state index contributed by atoms with van der Waals surface area (Å²) in [4.78, 5) is 12.0. The van der Waals surface area contributed by atoms with Gasteiger partial charge in [-0.3, -0.25) is 0 Å². The Balaban J connectivity index is 1.67. The first kappa shape index (κ1) is 14.8. The Morgan fingerprint density at radius 3 is 2.74 bits per heavy atom. The average Bonchev–Trinajstić information content (AvgIpc) is 3.02. The molecule has 0 aliphatic rings. The van der Waals surface area contributed by atoms with Crippen molar-refractivity contribution in [1.82, 2.24) is 9.78 Å². The number of aromatic nitrogens is 2. The van der Waals surface area contributed by atoms with Gasteiger partial charge in [-0.2, -0.15) is 5.10 Å². The Morgan fingerprint density at radius 2 is 2.00 bits per heavy atom. The zero-order chi connectivity index (χ0) is 16.2. The number of carbonyl (C=O) groups is 1. The van der Waals surface area contributed by atoms with Gasteiger partial charge in [0.05, 0.1) is 17.4 Å². The lowest BCUT2D eigenvalue weighted by atomic mass is 10.2. The normalized spacial score (nSPS) is 10.5. The van der Waals surface area contributed by atoms with Crippen LogP contribution in [0.3, 0.4) is 0 Å². The number of anilines is 1. The van der Waals surface area contributed by atoms with Gasteiger partial charge in [-0.25, -0.2) is 13.9 Å². The summed E-state index contributed by atoms with van der Waals surface area (Å²) >= 11 is 0. The highest BCUT2D eigenvalue weighted by atomic mass is 19.1. The molecule has 0 saturated carbocycles. The quantitative estimate of drug-likeness (QED) is 0.594. The van der Waals surface area contributed by atoms with Crippen molar-refractivity contribution >= 4 is 11.7 Å². The van der Waals surface area contributed by atoms with Gasteiger partial charge in [0.15, 0.2) is 0 Å². The molecule has 0 unspecified atom stereocenters. The largest absolute Gasteiger partial charge is 0.457 e. The highest BCUT2D eigenvalue weighted by molar-refractivity contribution is 5.94. The van der Waals surface area contributed by atoms with Crippen molar-refractivity contribution in [3.05, 3.63) is 77.9 Å². The second-order valence-electron chi connectivity index (χ2n) is 4.94. The molecule has 116 valence electrons. The van der Waals surface area contributed by atoms with Gasteiger partial charge in [0.25, 0.3) is 0 Å². The van der Waals surface area contributed by atoms with Crippen molar-refractivity contribution in [2.75, 3.05) is 5.73 Å².